The van der Waals surface area contributed by atoms with E-state index in [-0.39, 0.29) is 129 Å². The summed E-state index contributed by atoms with van der Waals surface area (Å²) in [5, 5.41) is 14.8. The predicted molar refractivity (Wildman–Crippen MR) is 28.4 cm³/mol. The summed E-state index contributed by atoms with van der Waals surface area (Å²) in [6, 6.07) is 0. The van der Waals surface area contributed by atoms with E-state index < -0.39 is 84.2 Å². The summed E-state index contributed by atoms with van der Waals surface area (Å²) in [6.07, 6.45) is 0. The van der Waals surface area contributed by atoms with Gasteiger partial charge in [-0.05, 0) is 0 Å². The molecule has 37 heavy (non-hydrogen) atoms. The molecule has 0 spiro atoms. The van der Waals surface area contributed by atoms with Gasteiger partial charge in [0.25, 0.3) is 0 Å². The van der Waals surface area contributed by atoms with E-state index in [9.17, 15) is 23.5 Å². The summed E-state index contributed by atoms with van der Waals surface area (Å²) in [7, 11) is 0. The summed E-state index contributed by atoms with van der Waals surface area (Å²) in [6.45, 7) is 0. The van der Waals surface area contributed by atoms with Crippen LogP contribution in [0.3, 0.4) is 0 Å². The molecule has 0 aliphatic heterocycles. The summed E-state index contributed by atoms with van der Waals surface area (Å²) >= 11 is -34.6. The molecule has 28 nitrogen and oxygen atoms in total. The van der Waals surface area contributed by atoms with Gasteiger partial charge in [-0.1, -0.05) is 0 Å². The van der Waals surface area contributed by atoms with Gasteiger partial charge in [0, 0.05) is 0 Å². The summed E-state index contributed by atoms with van der Waals surface area (Å²) < 4.78 is 196. The van der Waals surface area contributed by atoms with E-state index in [0.717, 1.165) is 0 Å². The maximum absolute atomic E-state index is 9.38. The second-order valence-electron chi connectivity index (χ2n) is 2.62. The molecule has 0 aliphatic rings. The zero-order valence-corrected chi connectivity index (χ0v) is 32.4. The molecule has 0 fully saturated rings. The molecule has 0 bridgehead atoms. The van der Waals surface area contributed by atoms with Crippen LogP contribution in [-0.4, -0.2) is 5.09 Å². The van der Waals surface area contributed by atoms with Gasteiger partial charge in [-0.15, -0.1) is 0 Å². The third-order valence-electron chi connectivity index (χ3n) is 0.167. The Labute approximate surface area is 311 Å². The van der Waals surface area contributed by atoms with Crippen molar-refractivity contribution in [2.75, 3.05) is 0 Å². The molecule has 0 aromatic carbocycles. The van der Waals surface area contributed by atoms with Crippen molar-refractivity contribution in [2.24, 2.45) is 0 Å². The summed E-state index contributed by atoms with van der Waals surface area (Å²) in [4.78, 5) is 8.25. The van der Waals surface area contributed by atoms with Gasteiger partial charge in [-0.3, -0.25) is 0 Å². The molecule has 0 radical (unpaired) electrons. The SMILES string of the molecule is O=[N+]([O-])[O-].[Ce+4].[K+].[NH4+].[Na+].[O]=[Cr](=[O])([O-])[O][Cr](=[O])(=[O])[O-].[O]=[Mn](=[O])(=[O])[O-].[O]=[Mn](=[O])(=[O])[O-].[O]=[Mn](=[O])(=[O])[O-].[O]=[Mn](=[O])(=[O])[O-]. The number of quaternary nitrogens is 1. The molecule has 0 heterocycles. The Hall–Kier alpha value is 2.84. The van der Waals surface area contributed by atoms with E-state index in [1.807, 2.05) is 0 Å². The monoisotopic (exact) mass is 973 g/mol. The number of rotatable bonds is 2. The first-order valence-corrected chi connectivity index (χ1v) is 16.2. The summed E-state index contributed by atoms with van der Waals surface area (Å²) in [5.41, 5.74) is 0. The fourth-order valence-corrected chi connectivity index (χ4v) is 1.74. The van der Waals surface area contributed by atoms with Crippen molar-refractivity contribution < 1.29 is 296 Å². The molecule has 216 valence electrons. The van der Waals surface area contributed by atoms with Crippen molar-refractivity contribution >= 4 is 0 Å². The van der Waals surface area contributed by atoms with Gasteiger partial charge in [0.05, 0.1) is 5.09 Å². The van der Waals surface area contributed by atoms with Crippen LogP contribution in [-0.2, 0) is 143 Å². The molecule has 0 amide bonds. The van der Waals surface area contributed by atoms with Crippen LogP contribution in [0.15, 0.2) is 0 Å². The van der Waals surface area contributed by atoms with E-state index >= 15 is 0 Å². The topological polar surface area (TPSA) is 523 Å². The predicted octanol–water partition coefficient (Wildman–Crippen LogP) is -15.0. The van der Waals surface area contributed by atoms with Crippen LogP contribution in [0.1, 0.15) is 0 Å². The molecule has 37 heteroatoms. The Balaban J connectivity index is -0.0000000296. The average Bonchev–Trinajstić information content (AvgIpc) is 2.09. The molecular weight excluding hydrogens is 970 g/mol. The third kappa shape index (κ3) is 675. The van der Waals surface area contributed by atoms with Crippen LogP contribution in [0.25, 0.3) is 0 Å². The van der Waals surface area contributed by atoms with E-state index in [1.165, 1.54) is 0 Å². The summed E-state index contributed by atoms with van der Waals surface area (Å²) in [5.74, 6) is 0. The molecule has 0 rings (SSSR count). The zero-order valence-electron chi connectivity index (χ0n) is 16.9. The fraction of sp³-hybridized carbons (Fsp3) is 0. The average molecular weight is 974 g/mol. The van der Waals surface area contributed by atoms with E-state index in [4.69, 9.17) is 78.1 Å². The van der Waals surface area contributed by atoms with E-state index in [2.05, 4.69) is 2.84 Å². The molecule has 0 atom stereocenters. The van der Waals surface area contributed by atoms with Crippen molar-refractivity contribution in [3.63, 3.8) is 0 Å². The first kappa shape index (κ1) is 67.5. The van der Waals surface area contributed by atoms with Crippen LogP contribution in [0.5, 0.6) is 0 Å². The first-order chi connectivity index (χ1) is 13.4. The van der Waals surface area contributed by atoms with Crippen LogP contribution >= 0.6 is 0 Å². The van der Waals surface area contributed by atoms with Gasteiger partial charge >= 0.3 is 291 Å². The number of hydrogen-bond donors (Lipinski definition) is 1. The van der Waals surface area contributed by atoms with Crippen molar-refractivity contribution in [2.45, 2.75) is 0 Å². The Morgan fingerprint density at radius 1 is 0.541 bits per heavy atom. The molecule has 0 saturated carbocycles. The van der Waals surface area contributed by atoms with Crippen molar-refractivity contribution in [1.82, 2.24) is 6.15 Å². The minimum atomic E-state index is -6.07. The molecular formula is H4CeCr2KMn4N2NaO26. The van der Waals surface area contributed by atoms with Gasteiger partial charge < -0.3 is 21.5 Å². The van der Waals surface area contributed by atoms with Crippen molar-refractivity contribution in [3.8, 4) is 0 Å². The van der Waals surface area contributed by atoms with E-state index in [0.29, 0.717) is 0 Å². The Morgan fingerprint density at radius 2 is 0.595 bits per heavy atom. The zero-order chi connectivity index (χ0) is 29.3. The Kier molecular flexibility index (Phi) is 55.3. The fourth-order valence-electron chi connectivity index (χ4n) is 0.102. The second kappa shape index (κ2) is 30.3. The molecule has 0 aliphatic carbocycles. The molecule has 0 aromatic heterocycles. The second-order valence-corrected chi connectivity index (χ2v) is 11.0. The van der Waals surface area contributed by atoms with Crippen LogP contribution in [0.2, 0.25) is 0 Å². The number of nitrogens with zero attached hydrogens (tertiary/aromatic N) is 1. The van der Waals surface area contributed by atoms with Gasteiger partial charge in [-0.2, -0.15) is 0 Å². The standard InChI is InChI=1S/Ce.2Cr.K.4Mn.NO3.H3N.Na.23O/c;;;;;;;;2-1(3)4;;;;;;;;;;;;;;;;;;;;;;;;;/h;;;;;;;;;1H3;;;;;;;;;;;;;;;;;;;;;;;;/q+4;;;+1;;;;;-1;;+1;;;;;;;;;;;;;;;;;;6*-1/p+1. The normalized spacial score (nSPS) is 10.1. The van der Waals surface area contributed by atoms with Crippen LogP contribution in [0.4, 0.5) is 0 Å². The van der Waals surface area contributed by atoms with Crippen LogP contribution in [0, 0.1) is 57.1 Å². The Bertz CT molecular complexity index is 1220. The maximum atomic E-state index is 9.38. The van der Waals surface area contributed by atoms with Crippen molar-refractivity contribution in [3.05, 3.63) is 15.3 Å². The van der Waals surface area contributed by atoms with Gasteiger partial charge in [0.15, 0.2) is 0 Å². The quantitative estimate of drug-likeness (QED) is 0.152. The number of hydrogen-bond acceptors (Lipinski definition) is 26. The first-order valence-electron chi connectivity index (χ1n) is 4.35. The van der Waals surface area contributed by atoms with Crippen LogP contribution < -0.4 is 112 Å². The molecule has 0 unspecified atom stereocenters. The van der Waals surface area contributed by atoms with Crippen molar-refractivity contribution in [1.29, 1.82) is 0 Å². The third-order valence-corrected chi connectivity index (χ3v) is 2.83. The van der Waals surface area contributed by atoms with Gasteiger partial charge in [0.2, 0.25) is 0 Å². The molecule has 0 aromatic rings. The Morgan fingerprint density at radius 3 is 0.595 bits per heavy atom. The molecule has 4 N–H and O–H groups in total. The van der Waals surface area contributed by atoms with E-state index in [1.54, 1.807) is 0 Å². The van der Waals surface area contributed by atoms with Gasteiger partial charge in [-0.25, -0.2) is 0 Å². The van der Waals surface area contributed by atoms with Gasteiger partial charge in [0.1, 0.15) is 0 Å². The molecule has 0 saturated heterocycles. The minimum absolute atomic E-state index is 0.